The molecule has 0 aliphatic rings. The molecule has 27 heavy (non-hydrogen) atoms. The van der Waals surface area contributed by atoms with E-state index in [2.05, 4.69) is 20.8 Å². The summed E-state index contributed by atoms with van der Waals surface area (Å²) in [6, 6.07) is 15.6. The van der Waals surface area contributed by atoms with E-state index < -0.39 is 0 Å². The Balaban J connectivity index is 1.54. The maximum atomic E-state index is 12.9. The number of aryl methyl sites for hydroxylation is 2. The summed E-state index contributed by atoms with van der Waals surface area (Å²) in [6.07, 6.45) is 0.733. The molecule has 0 unspecified atom stereocenters. The molecule has 2 aromatic carbocycles. The molecule has 0 saturated heterocycles. The number of halogens is 1. The van der Waals surface area contributed by atoms with Gasteiger partial charge in [-0.15, -0.1) is 10.2 Å². The van der Waals surface area contributed by atoms with Gasteiger partial charge in [0.05, 0.1) is 0 Å². The van der Waals surface area contributed by atoms with Gasteiger partial charge >= 0.3 is 0 Å². The summed E-state index contributed by atoms with van der Waals surface area (Å²) in [4.78, 5) is 12.3. The van der Waals surface area contributed by atoms with Gasteiger partial charge in [-0.05, 0) is 61.7 Å². The molecule has 1 heterocycles. The van der Waals surface area contributed by atoms with E-state index in [1.165, 1.54) is 12.1 Å². The molecule has 3 rings (SSSR count). The molecule has 0 spiro atoms. The zero-order valence-corrected chi connectivity index (χ0v) is 15.3. The smallest absolute Gasteiger partial charge is 0.276 e. The topological polar surface area (TPSA) is 66.9 Å². The first kappa shape index (κ1) is 18.5. The Morgan fingerprint density at radius 3 is 2.44 bits per heavy atom. The van der Waals surface area contributed by atoms with E-state index in [0.717, 1.165) is 28.8 Å². The van der Waals surface area contributed by atoms with Crippen molar-refractivity contribution >= 4 is 17.4 Å². The van der Waals surface area contributed by atoms with Crippen LogP contribution in [0.1, 0.15) is 27.2 Å². The molecule has 0 aliphatic carbocycles. The first-order chi connectivity index (χ1) is 13.0. The Hall–Kier alpha value is -3.28. The molecule has 0 aliphatic heterocycles. The number of rotatable bonds is 6. The Labute approximate surface area is 157 Å². The number of benzene rings is 2. The number of carbonyl (C=O) groups is 1. The molecular weight excluding hydrogens is 343 g/mol. The van der Waals surface area contributed by atoms with Crippen molar-refractivity contribution in [2.45, 2.75) is 20.3 Å². The van der Waals surface area contributed by atoms with Crippen LogP contribution in [0.25, 0.3) is 0 Å². The molecule has 5 nitrogen and oxygen atoms in total. The third-order valence-electron chi connectivity index (χ3n) is 4.16. The van der Waals surface area contributed by atoms with Gasteiger partial charge in [0.1, 0.15) is 11.6 Å². The van der Waals surface area contributed by atoms with Gasteiger partial charge < -0.3 is 10.6 Å². The average molecular weight is 364 g/mol. The highest BCUT2D eigenvalue weighted by Gasteiger charge is 2.10. The van der Waals surface area contributed by atoms with Crippen LogP contribution in [0.15, 0.2) is 54.6 Å². The van der Waals surface area contributed by atoms with Gasteiger partial charge in [0, 0.05) is 12.2 Å². The second-order valence-corrected chi connectivity index (χ2v) is 6.38. The lowest BCUT2D eigenvalue weighted by molar-refractivity contribution is 0.102. The highest BCUT2D eigenvalue weighted by molar-refractivity contribution is 6.03. The van der Waals surface area contributed by atoms with Crippen molar-refractivity contribution in [3.8, 4) is 0 Å². The lowest BCUT2D eigenvalue weighted by Crippen LogP contribution is -2.16. The quantitative estimate of drug-likeness (QED) is 0.690. The number of anilines is 2. The second kappa shape index (κ2) is 8.40. The van der Waals surface area contributed by atoms with Crippen LogP contribution in [0, 0.1) is 19.7 Å². The summed E-state index contributed by atoms with van der Waals surface area (Å²) in [5.74, 6) is 0.0414. The molecular formula is C21H21FN4O. The fourth-order valence-electron chi connectivity index (χ4n) is 2.67. The maximum absolute atomic E-state index is 12.9. The summed E-state index contributed by atoms with van der Waals surface area (Å²) in [6.45, 7) is 4.59. The normalized spacial score (nSPS) is 10.5. The van der Waals surface area contributed by atoms with Crippen LogP contribution in [0.2, 0.25) is 0 Å². The predicted octanol–water partition coefficient (Wildman–Crippen LogP) is 4.14. The van der Waals surface area contributed by atoms with Crippen LogP contribution in [0.5, 0.6) is 0 Å². The van der Waals surface area contributed by atoms with Gasteiger partial charge in [-0.3, -0.25) is 4.79 Å². The van der Waals surface area contributed by atoms with Crippen molar-refractivity contribution in [1.29, 1.82) is 0 Å². The Morgan fingerprint density at radius 1 is 1.00 bits per heavy atom. The number of nitrogens with zero attached hydrogens (tertiary/aromatic N) is 2. The van der Waals surface area contributed by atoms with E-state index in [1.807, 2.05) is 32.0 Å². The molecule has 0 atom stereocenters. The molecule has 0 saturated carbocycles. The molecule has 1 aromatic heterocycles. The van der Waals surface area contributed by atoms with E-state index in [9.17, 15) is 9.18 Å². The van der Waals surface area contributed by atoms with Crippen LogP contribution < -0.4 is 10.6 Å². The molecule has 1 amide bonds. The number of hydrogen-bond acceptors (Lipinski definition) is 4. The number of carbonyl (C=O) groups excluding carboxylic acids is 1. The molecule has 0 radical (unpaired) electrons. The van der Waals surface area contributed by atoms with E-state index in [-0.39, 0.29) is 17.4 Å². The third kappa shape index (κ3) is 5.10. The minimum atomic E-state index is -0.299. The molecule has 6 heteroatoms. The second-order valence-electron chi connectivity index (χ2n) is 6.38. The summed E-state index contributed by atoms with van der Waals surface area (Å²) in [5, 5.41) is 14.0. The minimum Gasteiger partial charge on any atom is -0.368 e. The first-order valence-electron chi connectivity index (χ1n) is 8.72. The van der Waals surface area contributed by atoms with E-state index in [4.69, 9.17) is 0 Å². The van der Waals surface area contributed by atoms with Crippen LogP contribution in [0.3, 0.4) is 0 Å². The molecule has 3 aromatic rings. The van der Waals surface area contributed by atoms with Gasteiger partial charge in [0.15, 0.2) is 5.69 Å². The fraction of sp³-hybridized carbons (Fsp3) is 0.190. The van der Waals surface area contributed by atoms with Crippen molar-refractivity contribution in [2.24, 2.45) is 0 Å². The Morgan fingerprint density at radius 2 is 1.78 bits per heavy atom. The van der Waals surface area contributed by atoms with E-state index in [1.54, 1.807) is 24.3 Å². The van der Waals surface area contributed by atoms with Crippen molar-refractivity contribution in [1.82, 2.24) is 10.2 Å². The van der Waals surface area contributed by atoms with Crippen molar-refractivity contribution in [3.63, 3.8) is 0 Å². The molecule has 0 bridgehead atoms. The van der Waals surface area contributed by atoms with Gasteiger partial charge in [-0.25, -0.2) is 4.39 Å². The van der Waals surface area contributed by atoms with Crippen LogP contribution >= 0.6 is 0 Å². The maximum Gasteiger partial charge on any atom is 0.276 e. The highest BCUT2D eigenvalue weighted by Crippen LogP contribution is 2.17. The SMILES string of the molecule is Cc1ccc(NC(=O)c2ccc(NCCc3ccc(F)cc3)nn2)c(C)c1. The fourth-order valence-corrected chi connectivity index (χ4v) is 2.67. The van der Waals surface area contributed by atoms with Gasteiger partial charge in [-0.2, -0.15) is 0 Å². The van der Waals surface area contributed by atoms with Gasteiger partial charge in [0.2, 0.25) is 0 Å². The standard InChI is InChI=1S/C21H21FN4O/c1-14-3-8-18(15(2)13-14)24-21(27)19-9-10-20(26-25-19)23-12-11-16-4-6-17(22)7-5-16/h3-10,13H,11-12H2,1-2H3,(H,23,26)(H,24,27). The number of hydrogen-bond donors (Lipinski definition) is 2. The van der Waals surface area contributed by atoms with Crippen LogP contribution in [-0.2, 0) is 6.42 Å². The number of nitrogens with one attached hydrogen (secondary N) is 2. The number of amides is 1. The molecule has 138 valence electrons. The van der Waals surface area contributed by atoms with Crippen molar-refractivity contribution < 1.29 is 9.18 Å². The molecule has 2 N–H and O–H groups in total. The predicted molar refractivity (Wildman–Crippen MR) is 104 cm³/mol. The number of aromatic nitrogens is 2. The lowest BCUT2D eigenvalue weighted by Gasteiger charge is -2.09. The first-order valence-corrected chi connectivity index (χ1v) is 8.72. The minimum absolute atomic E-state index is 0.243. The molecule has 0 fully saturated rings. The zero-order chi connectivity index (χ0) is 19.2. The van der Waals surface area contributed by atoms with Crippen molar-refractivity contribution in [3.05, 3.63) is 82.8 Å². The van der Waals surface area contributed by atoms with Gasteiger partial charge in [-0.1, -0.05) is 29.8 Å². The largest absolute Gasteiger partial charge is 0.368 e. The van der Waals surface area contributed by atoms with Crippen molar-refractivity contribution in [2.75, 3.05) is 17.2 Å². The zero-order valence-electron chi connectivity index (χ0n) is 15.3. The summed E-state index contributed by atoms with van der Waals surface area (Å²) in [5.41, 5.74) is 4.17. The average Bonchev–Trinajstić information content (AvgIpc) is 2.66. The van der Waals surface area contributed by atoms with Crippen LogP contribution in [0.4, 0.5) is 15.9 Å². The summed E-state index contributed by atoms with van der Waals surface area (Å²) >= 11 is 0. The van der Waals surface area contributed by atoms with E-state index >= 15 is 0 Å². The highest BCUT2D eigenvalue weighted by atomic mass is 19.1. The summed E-state index contributed by atoms with van der Waals surface area (Å²) < 4.78 is 12.9. The lowest BCUT2D eigenvalue weighted by atomic mass is 10.1. The summed E-state index contributed by atoms with van der Waals surface area (Å²) in [7, 11) is 0. The Bertz CT molecular complexity index is 924. The Kier molecular flexibility index (Phi) is 5.76. The van der Waals surface area contributed by atoms with Gasteiger partial charge in [0.25, 0.3) is 5.91 Å². The van der Waals surface area contributed by atoms with E-state index in [0.29, 0.717) is 12.4 Å². The monoisotopic (exact) mass is 364 g/mol. The third-order valence-corrected chi connectivity index (χ3v) is 4.16. The van der Waals surface area contributed by atoms with Crippen LogP contribution in [-0.4, -0.2) is 22.6 Å².